The molecule has 0 unspecified atom stereocenters. The Morgan fingerprint density at radius 2 is 1.81 bits per heavy atom. The molecule has 5 N–H and O–H groups in total. The Morgan fingerprint density at radius 3 is 2.47 bits per heavy atom. The monoisotopic (exact) mass is 457 g/mol. The number of amides is 1. The van der Waals surface area contributed by atoms with Crippen LogP contribution in [0.3, 0.4) is 0 Å². The molecule has 6 nitrogen and oxygen atoms in total. The van der Waals surface area contributed by atoms with Gasteiger partial charge in [0.25, 0.3) is 5.91 Å². The summed E-state index contributed by atoms with van der Waals surface area (Å²) in [5.41, 5.74) is 9.92. The van der Waals surface area contributed by atoms with Crippen LogP contribution >= 0.6 is 12.4 Å². The molecular formula is C24H29ClFN5O. The summed E-state index contributed by atoms with van der Waals surface area (Å²) in [6.07, 6.45) is 9.16. The molecule has 0 bridgehead atoms. The van der Waals surface area contributed by atoms with Gasteiger partial charge in [0, 0.05) is 35.0 Å². The molecule has 1 aromatic carbocycles. The highest BCUT2D eigenvalue weighted by molar-refractivity contribution is 6.12. The Labute approximate surface area is 193 Å². The van der Waals surface area contributed by atoms with Gasteiger partial charge >= 0.3 is 0 Å². The van der Waals surface area contributed by atoms with Gasteiger partial charge in [0.1, 0.15) is 11.5 Å². The van der Waals surface area contributed by atoms with Crippen molar-refractivity contribution < 1.29 is 9.18 Å². The molecule has 0 spiro atoms. The molecule has 2 saturated carbocycles. The topological polar surface area (TPSA) is 95.8 Å². The fourth-order valence-electron chi connectivity index (χ4n) is 4.56. The summed E-state index contributed by atoms with van der Waals surface area (Å²) in [6, 6.07) is 8.45. The highest BCUT2D eigenvalue weighted by atomic mass is 35.5. The Hall–Kier alpha value is -2.64. The van der Waals surface area contributed by atoms with Crippen LogP contribution in [-0.2, 0) is 0 Å². The van der Waals surface area contributed by atoms with Crippen LogP contribution in [0, 0.1) is 5.82 Å². The van der Waals surface area contributed by atoms with Crippen molar-refractivity contribution in [2.24, 2.45) is 5.73 Å². The molecule has 32 heavy (non-hydrogen) atoms. The minimum Gasteiger partial charge on any atom is -0.381 e. The maximum absolute atomic E-state index is 13.2. The number of carbonyl (C=O) groups is 1. The predicted octanol–water partition coefficient (Wildman–Crippen LogP) is 5.33. The van der Waals surface area contributed by atoms with Gasteiger partial charge in [0.2, 0.25) is 0 Å². The van der Waals surface area contributed by atoms with E-state index in [-0.39, 0.29) is 36.2 Å². The second kappa shape index (κ2) is 9.46. The molecule has 2 fully saturated rings. The van der Waals surface area contributed by atoms with E-state index in [0.717, 1.165) is 42.4 Å². The number of nitrogens with one attached hydrogen (secondary N) is 3. The second-order valence-corrected chi connectivity index (χ2v) is 8.88. The molecule has 0 aliphatic heterocycles. The average molecular weight is 458 g/mol. The number of aromatic nitrogens is 2. The first-order valence-corrected chi connectivity index (χ1v) is 11.2. The lowest BCUT2D eigenvalue weighted by Crippen LogP contribution is -2.33. The molecule has 170 valence electrons. The number of carbonyl (C=O) groups excluding carboxylic acids is 1. The summed E-state index contributed by atoms with van der Waals surface area (Å²) >= 11 is 0. The molecule has 0 radical (unpaired) electrons. The van der Waals surface area contributed by atoms with E-state index in [0.29, 0.717) is 17.2 Å². The molecule has 2 aliphatic rings. The number of benzene rings is 1. The SMILES string of the molecule is Cl.N[C@H]1CC[C@H](Nc2c(C(=O)Nc3ccc(F)cc3)cnc3[nH]c(C4CCC4)cc23)CC1. The van der Waals surface area contributed by atoms with Crippen molar-refractivity contribution >= 4 is 40.7 Å². The van der Waals surface area contributed by atoms with Crippen LogP contribution in [0.25, 0.3) is 11.0 Å². The number of anilines is 2. The first-order chi connectivity index (χ1) is 15.1. The summed E-state index contributed by atoms with van der Waals surface area (Å²) in [4.78, 5) is 21.2. The van der Waals surface area contributed by atoms with Gasteiger partial charge in [-0.3, -0.25) is 4.79 Å². The third-order valence-electron chi connectivity index (χ3n) is 6.69. The zero-order valence-electron chi connectivity index (χ0n) is 17.9. The number of rotatable bonds is 5. The van der Waals surface area contributed by atoms with Crippen molar-refractivity contribution in [2.45, 2.75) is 62.9 Å². The fraction of sp³-hybridized carbons (Fsp3) is 0.417. The molecule has 0 saturated heterocycles. The summed E-state index contributed by atoms with van der Waals surface area (Å²) in [5, 5.41) is 7.46. The third-order valence-corrected chi connectivity index (χ3v) is 6.69. The largest absolute Gasteiger partial charge is 0.381 e. The van der Waals surface area contributed by atoms with Crippen LogP contribution in [0.4, 0.5) is 15.8 Å². The van der Waals surface area contributed by atoms with Gasteiger partial charge in [0.05, 0.1) is 11.3 Å². The summed E-state index contributed by atoms with van der Waals surface area (Å²) < 4.78 is 13.2. The molecule has 8 heteroatoms. The number of nitrogens with zero attached hydrogens (tertiary/aromatic N) is 1. The van der Waals surface area contributed by atoms with Gasteiger partial charge in [-0.1, -0.05) is 6.42 Å². The Bertz CT molecular complexity index is 1090. The average Bonchev–Trinajstić information content (AvgIpc) is 3.14. The first kappa shape index (κ1) is 22.6. The molecule has 5 rings (SSSR count). The maximum atomic E-state index is 13.2. The Morgan fingerprint density at radius 1 is 1.09 bits per heavy atom. The highest BCUT2D eigenvalue weighted by Crippen LogP contribution is 2.39. The molecule has 1 amide bonds. The van der Waals surface area contributed by atoms with Crippen molar-refractivity contribution in [3.05, 3.63) is 53.6 Å². The molecule has 2 aliphatic carbocycles. The minimum absolute atomic E-state index is 0. The van der Waals surface area contributed by atoms with Gasteiger partial charge in [-0.25, -0.2) is 9.37 Å². The lowest BCUT2D eigenvalue weighted by Gasteiger charge is -2.28. The third kappa shape index (κ3) is 4.59. The number of hydrogen-bond donors (Lipinski definition) is 4. The zero-order valence-corrected chi connectivity index (χ0v) is 18.7. The van der Waals surface area contributed by atoms with Crippen LogP contribution in [-0.4, -0.2) is 28.0 Å². The smallest absolute Gasteiger partial charge is 0.259 e. The first-order valence-electron chi connectivity index (χ1n) is 11.2. The summed E-state index contributed by atoms with van der Waals surface area (Å²) in [6.45, 7) is 0. The van der Waals surface area contributed by atoms with E-state index in [1.165, 1.54) is 37.1 Å². The standard InChI is InChI=1S/C24H28FN5O.ClH/c25-15-4-8-18(9-5-15)29-24(31)20-13-27-23-19(12-21(30-23)14-2-1-3-14)22(20)28-17-10-6-16(26)7-11-17;/h4-5,8-9,12-14,16-17H,1-3,6-7,10-11,26H2,(H,29,31)(H2,27,28,30);1H/t16-,17-;. The number of hydrogen-bond acceptors (Lipinski definition) is 4. The van der Waals surface area contributed by atoms with E-state index in [4.69, 9.17) is 5.73 Å². The fourth-order valence-corrected chi connectivity index (χ4v) is 4.56. The van der Waals surface area contributed by atoms with E-state index >= 15 is 0 Å². The Kier molecular flexibility index (Phi) is 6.67. The van der Waals surface area contributed by atoms with Gasteiger partial charge < -0.3 is 21.4 Å². The van der Waals surface area contributed by atoms with E-state index in [9.17, 15) is 9.18 Å². The van der Waals surface area contributed by atoms with Crippen molar-refractivity contribution in [3.8, 4) is 0 Å². The summed E-state index contributed by atoms with van der Waals surface area (Å²) in [7, 11) is 0. The van der Waals surface area contributed by atoms with Crippen molar-refractivity contribution in [3.63, 3.8) is 0 Å². The van der Waals surface area contributed by atoms with E-state index in [1.54, 1.807) is 18.3 Å². The predicted molar refractivity (Wildman–Crippen MR) is 128 cm³/mol. The number of nitrogens with two attached hydrogens (primary N) is 1. The normalized spacial score (nSPS) is 20.9. The number of pyridine rings is 1. The maximum Gasteiger partial charge on any atom is 0.259 e. The van der Waals surface area contributed by atoms with E-state index in [2.05, 4.69) is 26.7 Å². The van der Waals surface area contributed by atoms with E-state index < -0.39 is 0 Å². The number of halogens is 2. The van der Waals surface area contributed by atoms with E-state index in [1.807, 2.05) is 0 Å². The summed E-state index contributed by atoms with van der Waals surface area (Å²) in [5.74, 6) is -0.0524. The van der Waals surface area contributed by atoms with Gasteiger partial charge in [-0.05, 0) is 74.8 Å². The lowest BCUT2D eigenvalue weighted by atomic mass is 9.83. The van der Waals surface area contributed by atoms with Crippen LogP contribution in [0.15, 0.2) is 36.5 Å². The quantitative estimate of drug-likeness (QED) is 0.416. The highest BCUT2D eigenvalue weighted by Gasteiger charge is 2.26. The molecule has 0 atom stereocenters. The molecule has 3 aromatic rings. The van der Waals surface area contributed by atoms with Crippen molar-refractivity contribution in [2.75, 3.05) is 10.6 Å². The van der Waals surface area contributed by atoms with Gasteiger partial charge in [0.15, 0.2) is 0 Å². The van der Waals surface area contributed by atoms with Crippen molar-refractivity contribution in [1.29, 1.82) is 0 Å². The van der Waals surface area contributed by atoms with Gasteiger partial charge in [-0.2, -0.15) is 0 Å². The number of H-pyrrole nitrogens is 1. The zero-order chi connectivity index (χ0) is 21.4. The van der Waals surface area contributed by atoms with Gasteiger partial charge in [-0.15, -0.1) is 12.4 Å². The van der Waals surface area contributed by atoms with Crippen molar-refractivity contribution in [1.82, 2.24) is 9.97 Å². The molecule has 2 aromatic heterocycles. The molecular weight excluding hydrogens is 429 g/mol. The lowest BCUT2D eigenvalue weighted by molar-refractivity contribution is 0.102. The van der Waals surface area contributed by atoms with Crippen LogP contribution in [0.1, 0.15) is 66.9 Å². The Balaban J connectivity index is 0.00000245. The van der Waals surface area contributed by atoms with Crippen LogP contribution < -0.4 is 16.4 Å². The second-order valence-electron chi connectivity index (χ2n) is 8.88. The number of fused-ring (bicyclic) bond motifs is 1. The molecule has 2 heterocycles. The minimum atomic E-state index is -0.338. The van der Waals surface area contributed by atoms with Crippen LogP contribution in [0.2, 0.25) is 0 Å². The number of aromatic amines is 1. The van der Waals surface area contributed by atoms with Crippen LogP contribution in [0.5, 0.6) is 0 Å².